The molecule has 0 aliphatic carbocycles. The molecule has 0 unspecified atom stereocenters. The highest BCUT2D eigenvalue weighted by Gasteiger charge is 2.23. The van der Waals surface area contributed by atoms with Crippen LogP contribution in [0.5, 0.6) is 0 Å². The van der Waals surface area contributed by atoms with E-state index in [-0.39, 0.29) is 29.0 Å². The van der Waals surface area contributed by atoms with Gasteiger partial charge in [0, 0.05) is 29.9 Å². The third-order valence-corrected chi connectivity index (χ3v) is 7.73. The van der Waals surface area contributed by atoms with Crippen molar-refractivity contribution in [1.29, 1.82) is 5.41 Å². The van der Waals surface area contributed by atoms with Crippen molar-refractivity contribution in [1.82, 2.24) is 9.97 Å². The Balaban J connectivity index is 0.00000320. The number of rotatable bonds is 7. The van der Waals surface area contributed by atoms with E-state index in [2.05, 4.69) is 14.7 Å². The van der Waals surface area contributed by atoms with E-state index >= 15 is 0 Å². The lowest BCUT2D eigenvalue weighted by atomic mass is 10.00. The van der Waals surface area contributed by atoms with Crippen molar-refractivity contribution < 1.29 is 13.2 Å². The van der Waals surface area contributed by atoms with Gasteiger partial charge in [-0.3, -0.25) is 14.9 Å². The largest absolute Gasteiger partial charge is 0.384 e. The Hall–Kier alpha value is -3.89. The first-order chi connectivity index (χ1) is 17.3. The van der Waals surface area contributed by atoms with E-state index in [0.717, 1.165) is 35.2 Å². The zero-order valence-corrected chi connectivity index (χ0v) is 21.5. The summed E-state index contributed by atoms with van der Waals surface area (Å²) < 4.78 is 28.6. The molecule has 4 aromatic rings. The van der Waals surface area contributed by atoms with Crippen LogP contribution in [0, 0.1) is 5.41 Å². The lowest BCUT2D eigenvalue weighted by Crippen LogP contribution is -2.35. The molecule has 0 radical (unpaired) electrons. The van der Waals surface area contributed by atoms with Crippen molar-refractivity contribution in [3.05, 3.63) is 83.7 Å². The van der Waals surface area contributed by atoms with Crippen molar-refractivity contribution in [2.24, 2.45) is 5.73 Å². The van der Waals surface area contributed by atoms with E-state index < -0.39 is 10.0 Å². The van der Waals surface area contributed by atoms with E-state index in [1.165, 1.54) is 18.5 Å². The Bertz CT molecular complexity index is 1570. The molecule has 9 nitrogen and oxygen atoms in total. The number of benzene rings is 3. The Morgan fingerprint density at radius 3 is 2.65 bits per heavy atom. The number of amidine groups is 1. The van der Waals surface area contributed by atoms with Crippen molar-refractivity contribution in [3.63, 3.8) is 0 Å². The maximum atomic E-state index is 13.0. The van der Waals surface area contributed by atoms with Crippen LogP contribution >= 0.6 is 12.4 Å². The maximum absolute atomic E-state index is 13.0. The second-order valence-electron chi connectivity index (χ2n) is 8.79. The fraction of sp³-hybridized carbons (Fsp3) is 0.192. The van der Waals surface area contributed by atoms with Gasteiger partial charge in [-0.2, -0.15) is 0 Å². The number of nitrogens with two attached hydrogens (primary N) is 1. The van der Waals surface area contributed by atoms with Crippen LogP contribution in [0.1, 0.15) is 29.5 Å². The van der Waals surface area contributed by atoms with E-state index in [4.69, 9.17) is 11.1 Å². The Kier molecular flexibility index (Phi) is 7.51. The smallest absolute Gasteiger partial charge is 0.261 e. The van der Waals surface area contributed by atoms with Crippen LogP contribution in [0.25, 0.3) is 11.0 Å². The Morgan fingerprint density at radius 2 is 1.89 bits per heavy atom. The van der Waals surface area contributed by atoms with Crippen molar-refractivity contribution in [2.75, 3.05) is 16.2 Å². The molecule has 1 aliphatic rings. The second kappa shape index (κ2) is 10.6. The molecule has 5 N–H and O–H groups in total. The number of aromatic nitrogens is 2. The van der Waals surface area contributed by atoms with Gasteiger partial charge in [0.2, 0.25) is 5.91 Å². The number of fused-ring (bicyclic) bond motifs is 2. The molecular weight excluding hydrogens is 512 g/mol. The highest BCUT2D eigenvalue weighted by Crippen LogP contribution is 2.31. The average Bonchev–Trinajstić information content (AvgIpc) is 3.35. The number of imidazole rings is 1. The molecule has 0 spiro atoms. The third kappa shape index (κ3) is 5.60. The predicted octanol–water partition coefficient (Wildman–Crippen LogP) is 3.98. The number of nitrogens with one attached hydrogen (secondary N) is 3. The normalized spacial score (nSPS) is 13.0. The minimum Gasteiger partial charge on any atom is -0.384 e. The summed E-state index contributed by atoms with van der Waals surface area (Å²) in [6, 6.07) is 17.4. The molecule has 11 heteroatoms. The summed E-state index contributed by atoms with van der Waals surface area (Å²) >= 11 is 0. The van der Waals surface area contributed by atoms with Crippen LogP contribution in [0.3, 0.4) is 0 Å². The van der Waals surface area contributed by atoms with Gasteiger partial charge < -0.3 is 15.6 Å². The molecule has 0 fully saturated rings. The number of halogens is 1. The molecule has 3 aromatic carbocycles. The fourth-order valence-electron chi connectivity index (χ4n) is 4.45. The van der Waals surface area contributed by atoms with Gasteiger partial charge in [0.05, 0.1) is 22.3 Å². The van der Waals surface area contributed by atoms with Crippen LogP contribution in [-0.2, 0) is 27.7 Å². The first-order valence-corrected chi connectivity index (χ1v) is 13.1. The number of anilines is 2. The van der Waals surface area contributed by atoms with Gasteiger partial charge in [-0.15, -0.1) is 12.4 Å². The van der Waals surface area contributed by atoms with Crippen LogP contribution in [0.2, 0.25) is 0 Å². The van der Waals surface area contributed by atoms with E-state index in [0.29, 0.717) is 36.2 Å². The minimum absolute atomic E-state index is 0. The summed E-state index contributed by atoms with van der Waals surface area (Å²) in [5, 5.41) is 7.48. The van der Waals surface area contributed by atoms with Gasteiger partial charge in [0.1, 0.15) is 5.84 Å². The lowest BCUT2D eigenvalue weighted by molar-refractivity contribution is -0.118. The van der Waals surface area contributed by atoms with Crippen LogP contribution in [0.15, 0.2) is 71.9 Å². The summed E-state index contributed by atoms with van der Waals surface area (Å²) in [6.07, 6.45) is 4.03. The zero-order valence-electron chi connectivity index (χ0n) is 19.9. The number of hydrogen-bond acceptors (Lipinski definition) is 5. The molecule has 1 aliphatic heterocycles. The molecule has 1 aromatic heterocycles. The number of aromatic amines is 1. The summed E-state index contributed by atoms with van der Waals surface area (Å²) in [7, 11) is -3.79. The van der Waals surface area contributed by atoms with Crippen LogP contribution in [0.4, 0.5) is 11.4 Å². The fourth-order valence-corrected chi connectivity index (χ4v) is 5.52. The standard InChI is InChI=1S/C26H26N6O3S.ClH/c27-26(28)18-6-3-17(4-7-18)5-12-25(33)32-13-1-2-19-14-20(8-11-24(19)32)31-36(34,35)21-9-10-22-23(15-21)30-16-29-22;/h3-4,6-11,14-16,31H,1-2,5,12-13H2,(H3,27,28)(H,29,30);1H. The van der Waals surface area contributed by atoms with Crippen molar-refractivity contribution in [2.45, 2.75) is 30.6 Å². The molecule has 37 heavy (non-hydrogen) atoms. The molecule has 0 saturated carbocycles. The molecule has 192 valence electrons. The number of carbonyl (C=O) groups is 1. The van der Waals surface area contributed by atoms with Gasteiger partial charge in [-0.1, -0.05) is 24.3 Å². The van der Waals surface area contributed by atoms with Crippen molar-refractivity contribution >= 4 is 56.6 Å². The first kappa shape index (κ1) is 26.2. The highest BCUT2D eigenvalue weighted by atomic mass is 35.5. The maximum Gasteiger partial charge on any atom is 0.261 e. The van der Waals surface area contributed by atoms with Gasteiger partial charge in [-0.25, -0.2) is 13.4 Å². The average molecular weight is 539 g/mol. The number of H-pyrrole nitrogens is 1. The molecule has 2 heterocycles. The number of sulfonamides is 1. The quantitative estimate of drug-likeness (QED) is 0.208. The van der Waals surface area contributed by atoms with Crippen molar-refractivity contribution in [3.8, 4) is 0 Å². The Labute approximate surface area is 221 Å². The summed E-state index contributed by atoms with van der Waals surface area (Å²) in [5.41, 5.74) is 10.7. The molecule has 0 bridgehead atoms. The van der Waals surface area contributed by atoms with Gasteiger partial charge in [0.25, 0.3) is 10.0 Å². The molecule has 0 saturated heterocycles. The van der Waals surface area contributed by atoms with Gasteiger partial charge >= 0.3 is 0 Å². The molecule has 0 atom stereocenters. The second-order valence-corrected chi connectivity index (χ2v) is 10.5. The number of carbonyl (C=O) groups excluding carboxylic acids is 1. The summed E-state index contributed by atoms with van der Waals surface area (Å²) in [6.45, 7) is 0.629. The SMILES string of the molecule is Cl.N=C(N)c1ccc(CCC(=O)N2CCCc3cc(NS(=O)(=O)c4ccc5[nH]cnc5c4)ccc32)cc1. The third-order valence-electron chi connectivity index (χ3n) is 6.35. The minimum atomic E-state index is -3.79. The van der Waals surface area contributed by atoms with Gasteiger partial charge in [-0.05, 0) is 66.8 Å². The lowest BCUT2D eigenvalue weighted by Gasteiger charge is -2.30. The topological polar surface area (TPSA) is 145 Å². The zero-order chi connectivity index (χ0) is 25.3. The van der Waals surface area contributed by atoms with E-state index in [1.807, 2.05) is 18.2 Å². The first-order valence-electron chi connectivity index (χ1n) is 11.6. The van der Waals surface area contributed by atoms with Crippen LogP contribution in [-0.4, -0.2) is 36.7 Å². The Morgan fingerprint density at radius 1 is 1.11 bits per heavy atom. The predicted molar refractivity (Wildman–Crippen MR) is 147 cm³/mol. The van der Waals surface area contributed by atoms with E-state index in [9.17, 15) is 13.2 Å². The molecule has 1 amide bonds. The number of amides is 1. The number of aryl methyl sites for hydroxylation is 2. The van der Waals surface area contributed by atoms with Crippen LogP contribution < -0.4 is 15.4 Å². The highest BCUT2D eigenvalue weighted by molar-refractivity contribution is 7.92. The van der Waals surface area contributed by atoms with E-state index in [1.54, 1.807) is 35.2 Å². The number of hydrogen-bond donors (Lipinski definition) is 4. The summed E-state index contributed by atoms with van der Waals surface area (Å²) in [4.78, 5) is 22.0. The number of nitrogen functional groups attached to an aromatic ring is 1. The molecular formula is C26H27ClN6O3S. The molecule has 5 rings (SSSR count). The number of nitrogens with zero attached hydrogens (tertiary/aromatic N) is 2. The summed E-state index contributed by atoms with van der Waals surface area (Å²) in [5.74, 6) is 0.0372. The monoisotopic (exact) mass is 538 g/mol. The van der Waals surface area contributed by atoms with Gasteiger partial charge in [0.15, 0.2) is 0 Å².